The molecule has 0 spiro atoms. The Labute approximate surface area is 147 Å². The number of nitrogens with one attached hydrogen (secondary N) is 1. The van der Waals surface area contributed by atoms with Gasteiger partial charge in [-0.05, 0) is 35.7 Å². The molecule has 0 saturated heterocycles. The summed E-state index contributed by atoms with van der Waals surface area (Å²) < 4.78 is 3.45. The van der Waals surface area contributed by atoms with Crippen LogP contribution in [0, 0.1) is 13.8 Å². The van der Waals surface area contributed by atoms with Crippen LogP contribution < -0.4 is 5.32 Å². The molecule has 3 aromatic rings. The van der Waals surface area contributed by atoms with Crippen molar-refractivity contribution >= 4 is 34.7 Å². The molecule has 24 heavy (non-hydrogen) atoms. The van der Waals surface area contributed by atoms with Crippen LogP contribution in [-0.4, -0.2) is 41.6 Å². The standard InChI is InChI=1S/C14H17N7OS2/c1-9-13(10(2)20(3)17-9)15-12(22)8-24-14-16-18-19-21(14)7-11-5-4-6-23-11/h4-6H,7-8H2,1-3H3,(H,15,22). The highest BCUT2D eigenvalue weighted by Crippen LogP contribution is 2.20. The van der Waals surface area contributed by atoms with Gasteiger partial charge in [0, 0.05) is 11.9 Å². The largest absolute Gasteiger partial charge is 0.322 e. The fourth-order valence-corrected chi connectivity index (χ4v) is 3.57. The highest BCUT2D eigenvalue weighted by Gasteiger charge is 2.15. The molecule has 0 fully saturated rings. The quantitative estimate of drug-likeness (QED) is 0.672. The Morgan fingerprint density at radius 1 is 1.42 bits per heavy atom. The maximum absolute atomic E-state index is 12.2. The van der Waals surface area contributed by atoms with E-state index in [4.69, 9.17) is 0 Å². The van der Waals surface area contributed by atoms with Gasteiger partial charge in [-0.25, -0.2) is 4.68 Å². The Bertz CT molecular complexity index is 838. The van der Waals surface area contributed by atoms with Gasteiger partial charge in [0.05, 0.1) is 29.4 Å². The smallest absolute Gasteiger partial charge is 0.234 e. The maximum atomic E-state index is 12.2. The molecule has 0 radical (unpaired) electrons. The summed E-state index contributed by atoms with van der Waals surface area (Å²) in [6, 6.07) is 4.02. The van der Waals surface area contributed by atoms with Crippen molar-refractivity contribution < 1.29 is 4.79 Å². The first-order valence-electron chi connectivity index (χ1n) is 7.26. The zero-order valence-corrected chi connectivity index (χ0v) is 15.2. The first-order valence-corrected chi connectivity index (χ1v) is 9.12. The normalized spacial score (nSPS) is 11.0. The topological polar surface area (TPSA) is 90.5 Å². The lowest BCUT2D eigenvalue weighted by molar-refractivity contribution is -0.113. The third-order valence-corrected chi connectivity index (χ3v) is 5.31. The Morgan fingerprint density at radius 3 is 2.92 bits per heavy atom. The number of thiophene rings is 1. The van der Waals surface area contributed by atoms with Crippen molar-refractivity contribution in [3.05, 3.63) is 33.8 Å². The minimum Gasteiger partial charge on any atom is -0.322 e. The Balaban J connectivity index is 1.60. The fourth-order valence-electron chi connectivity index (χ4n) is 2.21. The van der Waals surface area contributed by atoms with E-state index in [0.29, 0.717) is 11.7 Å². The van der Waals surface area contributed by atoms with Gasteiger partial charge in [-0.1, -0.05) is 17.8 Å². The first kappa shape index (κ1) is 16.7. The number of hydrogen-bond acceptors (Lipinski definition) is 7. The predicted molar refractivity (Wildman–Crippen MR) is 93.3 cm³/mol. The number of hydrogen-bond donors (Lipinski definition) is 1. The Kier molecular flexibility index (Phi) is 4.95. The van der Waals surface area contributed by atoms with E-state index in [0.717, 1.165) is 22.0 Å². The molecule has 1 N–H and O–H groups in total. The molecular weight excluding hydrogens is 346 g/mol. The van der Waals surface area contributed by atoms with Gasteiger partial charge in [0.2, 0.25) is 11.1 Å². The maximum Gasteiger partial charge on any atom is 0.234 e. The van der Waals surface area contributed by atoms with Crippen molar-refractivity contribution in [3.8, 4) is 0 Å². The molecule has 0 aliphatic rings. The second-order valence-corrected chi connectivity index (χ2v) is 7.18. The molecule has 3 rings (SSSR count). The number of carbonyl (C=O) groups excluding carboxylic acids is 1. The van der Waals surface area contributed by atoms with E-state index in [2.05, 4.69) is 25.9 Å². The average Bonchev–Trinajstić information content (AvgIpc) is 3.26. The van der Waals surface area contributed by atoms with Crippen molar-refractivity contribution in [1.29, 1.82) is 0 Å². The summed E-state index contributed by atoms with van der Waals surface area (Å²) >= 11 is 2.96. The number of rotatable bonds is 6. The van der Waals surface area contributed by atoms with Crippen molar-refractivity contribution in [2.24, 2.45) is 7.05 Å². The van der Waals surface area contributed by atoms with Gasteiger partial charge in [-0.15, -0.1) is 16.4 Å². The van der Waals surface area contributed by atoms with Gasteiger partial charge in [0.1, 0.15) is 0 Å². The van der Waals surface area contributed by atoms with E-state index in [1.807, 2.05) is 38.4 Å². The molecule has 1 amide bonds. The van der Waals surface area contributed by atoms with Crippen LogP contribution in [0.15, 0.2) is 22.7 Å². The summed E-state index contributed by atoms with van der Waals surface area (Å²) in [5, 5.41) is 21.5. The average molecular weight is 363 g/mol. The van der Waals surface area contributed by atoms with Crippen LogP contribution in [-0.2, 0) is 18.4 Å². The summed E-state index contributed by atoms with van der Waals surface area (Å²) in [5.41, 5.74) is 2.49. The predicted octanol–water partition coefficient (Wildman–Crippen LogP) is 1.86. The highest BCUT2D eigenvalue weighted by molar-refractivity contribution is 7.99. The summed E-state index contributed by atoms with van der Waals surface area (Å²) in [6.07, 6.45) is 0. The lowest BCUT2D eigenvalue weighted by atomic mass is 10.3. The Morgan fingerprint density at radius 2 is 2.25 bits per heavy atom. The van der Waals surface area contributed by atoms with Gasteiger partial charge < -0.3 is 5.32 Å². The van der Waals surface area contributed by atoms with Crippen LogP contribution in [0.5, 0.6) is 0 Å². The van der Waals surface area contributed by atoms with Crippen molar-refractivity contribution in [2.45, 2.75) is 25.5 Å². The molecule has 0 aliphatic heterocycles. The van der Waals surface area contributed by atoms with Crippen LogP contribution in [0.3, 0.4) is 0 Å². The molecule has 0 unspecified atom stereocenters. The molecule has 10 heteroatoms. The molecule has 0 aromatic carbocycles. The fraction of sp³-hybridized carbons (Fsp3) is 0.357. The van der Waals surface area contributed by atoms with E-state index in [-0.39, 0.29) is 11.7 Å². The minimum atomic E-state index is -0.107. The van der Waals surface area contributed by atoms with Crippen LogP contribution in [0.4, 0.5) is 5.69 Å². The first-order chi connectivity index (χ1) is 11.5. The molecule has 3 heterocycles. The summed E-state index contributed by atoms with van der Waals surface area (Å²) in [6.45, 7) is 4.40. The SMILES string of the molecule is Cc1nn(C)c(C)c1NC(=O)CSc1nnnn1Cc1cccs1. The van der Waals surface area contributed by atoms with E-state index >= 15 is 0 Å². The number of thioether (sulfide) groups is 1. The number of amides is 1. The van der Waals surface area contributed by atoms with E-state index < -0.39 is 0 Å². The third-order valence-electron chi connectivity index (χ3n) is 3.49. The Hall–Kier alpha value is -2.20. The van der Waals surface area contributed by atoms with E-state index in [1.54, 1.807) is 20.7 Å². The number of aryl methyl sites for hydroxylation is 2. The molecule has 3 aromatic heterocycles. The minimum absolute atomic E-state index is 0.107. The van der Waals surface area contributed by atoms with Crippen LogP contribution >= 0.6 is 23.1 Å². The number of tetrazole rings is 1. The number of anilines is 1. The molecule has 0 aliphatic carbocycles. The second-order valence-electron chi connectivity index (χ2n) is 5.20. The van der Waals surface area contributed by atoms with Gasteiger partial charge in [0.25, 0.3) is 0 Å². The molecule has 0 atom stereocenters. The molecule has 8 nitrogen and oxygen atoms in total. The van der Waals surface area contributed by atoms with E-state index in [9.17, 15) is 4.79 Å². The lowest BCUT2D eigenvalue weighted by Gasteiger charge is -2.06. The highest BCUT2D eigenvalue weighted by atomic mass is 32.2. The monoisotopic (exact) mass is 363 g/mol. The van der Waals surface area contributed by atoms with Gasteiger partial charge in [-0.3, -0.25) is 9.48 Å². The molecular formula is C14H17N7OS2. The zero-order chi connectivity index (χ0) is 17.1. The number of nitrogens with zero attached hydrogens (tertiary/aromatic N) is 6. The zero-order valence-electron chi connectivity index (χ0n) is 13.6. The van der Waals surface area contributed by atoms with Gasteiger partial charge >= 0.3 is 0 Å². The van der Waals surface area contributed by atoms with Crippen molar-refractivity contribution in [2.75, 3.05) is 11.1 Å². The van der Waals surface area contributed by atoms with Crippen LogP contribution in [0.2, 0.25) is 0 Å². The lowest BCUT2D eigenvalue weighted by Crippen LogP contribution is -2.16. The van der Waals surface area contributed by atoms with Crippen LogP contribution in [0.25, 0.3) is 0 Å². The third kappa shape index (κ3) is 3.65. The van der Waals surface area contributed by atoms with Crippen molar-refractivity contribution in [1.82, 2.24) is 30.0 Å². The number of aromatic nitrogens is 6. The number of carbonyl (C=O) groups is 1. The summed E-state index contributed by atoms with van der Waals surface area (Å²) in [7, 11) is 1.85. The van der Waals surface area contributed by atoms with Crippen LogP contribution in [0.1, 0.15) is 16.3 Å². The summed E-state index contributed by atoms with van der Waals surface area (Å²) in [5.74, 6) is 0.128. The second kappa shape index (κ2) is 7.14. The molecule has 126 valence electrons. The van der Waals surface area contributed by atoms with Crippen molar-refractivity contribution in [3.63, 3.8) is 0 Å². The van der Waals surface area contributed by atoms with Gasteiger partial charge in [-0.2, -0.15) is 5.10 Å². The summed E-state index contributed by atoms with van der Waals surface area (Å²) in [4.78, 5) is 13.4. The van der Waals surface area contributed by atoms with Gasteiger partial charge in [0.15, 0.2) is 0 Å². The molecule has 0 saturated carbocycles. The molecule has 0 bridgehead atoms. The van der Waals surface area contributed by atoms with E-state index in [1.165, 1.54) is 11.8 Å².